The highest BCUT2D eigenvalue weighted by molar-refractivity contribution is 6.30. The predicted molar refractivity (Wildman–Crippen MR) is 93.7 cm³/mol. The van der Waals surface area contributed by atoms with Crippen LogP contribution in [0, 0.1) is 0 Å². The van der Waals surface area contributed by atoms with E-state index < -0.39 is 0 Å². The van der Waals surface area contributed by atoms with Crippen molar-refractivity contribution in [3.63, 3.8) is 0 Å². The van der Waals surface area contributed by atoms with Gasteiger partial charge in [-0.1, -0.05) is 36.2 Å². The molecule has 6 nitrogen and oxygen atoms in total. The third kappa shape index (κ3) is 3.76. The Morgan fingerprint density at radius 3 is 2.92 bits per heavy atom. The topological polar surface area (TPSA) is 71.8 Å². The van der Waals surface area contributed by atoms with Crippen molar-refractivity contribution in [3.8, 4) is 5.69 Å². The summed E-state index contributed by atoms with van der Waals surface area (Å²) in [7, 11) is 0. The van der Waals surface area contributed by atoms with E-state index in [2.05, 4.69) is 27.9 Å². The molecule has 0 radical (unpaired) electrons. The minimum absolute atomic E-state index is 0.140. The van der Waals surface area contributed by atoms with Crippen LogP contribution in [0.15, 0.2) is 24.3 Å². The molecule has 1 saturated heterocycles. The first kappa shape index (κ1) is 16.9. The van der Waals surface area contributed by atoms with Crippen LogP contribution in [-0.4, -0.2) is 40.0 Å². The number of carbonyl (C=O) groups is 1. The van der Waals surface area contributed by atoms with E-state index in [1.165, 1.54) is 0 Å². The summed E-state index contributed by atoms with van der Waals surface area (Å²) < 4.78 is 1.71. The van der Waals surface area contributed by atoms with E-state index in [0.29, 0.717) is 10.7 Å². The van der Waals surface area contributed by atoms with Crippen molar-refractivity contribution in [3.05, 3.63) is 40.7 Å². The molecule has 2 N–H and O–H groups in total. The van der Waals surface area contributed by atoms with Gasteiger partial charge in [0.2, 0.25) is 0 Å². The van der Waals surface area contributed by atoms with Gasteiger partial charge in [-0.2, -0.15) is 0 Å². The summed E-state index contributed by atoms with van der Waals surface area (Å²) in [6, 6.07) is 7.61. The van der Waals surface area contributed by atoms with E-state index in [-0.39, 0.29) is 11.9 Å². The Morgan fingerprint density at radius 2 is 2.21 bits per heavy atom. The Bertz CT molecular complexity index is 709. The van der Waals surface area contributed by atoms with Gasteiger partial charge in [-0.25, -0.2) is 4.68 Å². The van der Waals surface area contributed by atoms with Gasteiger partial charge in [0.1, 0.15) is 0 Å². The highest BCUT2D eigenvalue weighted by Gasteiger charge is 2.23. The maximum atomic E-state index is 12.6. The van der Waals surface area contributed by atoms with Crippen LogP contribution < -0.4 is 10.6 Å². The molecule has 24 heavy (non-hydrogen) atoms. The van der Waals surface area contributed by atoms with Crippen LogP contribution >= 0.6 is 11.6 Å². The molecule has 0 saturated carbocycles. The summed E-state index contributed by atoms with van der Waals surface area (Å²) in [5, 5.41) is 15.4. The van der Waals surface area contributed by atoms with Gasteiger partial charge in [0.25, 0.3) is 5.91 Å². The number of hydrogen-bond acceptors (Lipinski definition) is 4. The monoisotopic (exact) mass is 347 g/mol. The van der Waals surface area contributed by atoms with Gasteiger partial charge in [-0.3, -0.25) is 4.79 Å². The largest absolute Gasteiger partial charge is 0.348 e. The van der Waals surface area contributed by atoms with Crippen molar-refractivity contribution in [1.29, 1.82) is 0 Å². The zero-order valence-electron chi connectivity index (χ0n) is 13.8. The number of amides is 1. The molecular weight excluding hydrogens is 326 g/mol. The van der Waals surface area contributed by atoms with Gasteiger partial charge in [0, 0.05) is 11.1 Å². The number of aromatic nitrogens is 3. The number of nitrogens with zero attached hydrogens (tertiary/aromatic N) is 3. The zero-order chi connectivity index (χ0) is 16.9. The van der Waals surface area contributed by atoms with E-state index in [0.717, 1.165) is 50.2 Å². The fraction of sp³-hybridized carbons (Fsp3) is 0.471. The van der Waals surface area contributed by atoms with Gasteiger partial charge < -0.3 is 10.6 Å². The van der Waals surface area contributed by atoms with E-state index in [1.54, 1.807) is 4.68 Å². The number of hydrogen-bond donors (Lipinski definition) is 2. The fourth-order valence-electron chi connectivity index (χ4n) is 2.97. The molecule has 2 aromatic rings. The Kier molecular flexibility index (Phi) is 5.48. The van der Waals surface area contributed by atoms with Crippen molar-refractivity contribution in [2.24, 2.45) is 0 Å². The second kappa shape index (κ2) is 7.77. The number of nitrogens with one attached hydrogen (secondary N) is 2. The summed E-state index contributed by atoms with van der Waals surface area (Å²) in [5.41, 5.74) is 2.06. The van der Waals surface area contributed by atoms with Crippen LogP contribution in [0.5, 0.6) is 0 Å². The zero-order valence-corrected chi connectivity index (χ0v) is 14.5. The lowest BCUT2D eigenvalue weighted by molar-refractivity contribution is 0.0923. The molecule has 0 aliphatic carbocycles. The van der Waals surface area contributed by atoms with Crippen molar-refractivity contribution in [2.45, 2.75) is 38.6 Å². The van der Waals surface area contributed by atoms with E-state index in [9.17, 15) is 4.79 Å². The average Bonchev–Trinajstić information content (AvgIpc) is 3.00. The molecule has 0 unspecified atom stereocenters. The van der Waals surface area contributed by atoms with Gasteiger partial charge in [-0.05, 0) is 50.6 Å². The molecule has 128 valence electrons. The standard InChI is InChI=1S/C17H22ClN5O/c1-2-4-15-16(17(24)20-13-7-9-19-10-8-13)21-22-23(15)14-6-3-5-12(18)11-14/h3,5-6,11,13,19H,2,4,7-10H2,1H3,(H,20,24). The Hall–Kier alpha value is -1.92. The van der Waals surface area contributed by atoms with E-state index in [1.807, 2.05) is 24.3 Å². The highest BCUT2D eigenvalue weighted by Crippen LogP contribution is 2.19. The maximum absolute atomic E-state index is 12.6. The Morgan fingerprint density at radius 1 is 1.42 bits per heavy atom. The lowest BCUT2D eigenvalue weighted by Gasteiger charge is -2.23. The second-order valence-corrected chi connectivity index (χ2v) is 6.46. The fourth-order valence-corrected chi connectivity index (χ4v) is 3.16. The summed E-state index contributed by atoms with van der Waals surface area (Å²) in [6.45, 7) is 3.94. The highest BCUT2D eigenvalue weighted by atomic mass is 35.5. The molecule has 1 fully saturated rings. The molecule has 0 atom stereocenters. The Labute approximate surface area is 146 Å². The molecule has 2 heterocycles. The minimum Gasteiger partial charge on any atom is -0.348 e. The number of benzene rings is 1. The SMILES string of the molecule is CCCc1c(C(=O)NC2CCNCC2)nnn1-c1cccc(Cl)c1. The van der Waals surface area contributed by atoms with Crippen molar-refractivity contribution < 1.29 is 4.79 Å². The number of carbonyl (C=O) groups excluding carboxylic acids is 1. The molecule has 0 bridgehead atoms. The maximum Gasteiger partial charge on any atom is 0.273 e. The van der Waals surface area contributed by atoms with Crippen LogP contribution in [0.1, 0.15) is 42.4 Å². The van der Waals surface area contributed by atoms with Crippen LogP contribution in [0.4, 0.5) is 0 Å². The molecule has 0 spiro atoms. The quantitative estimate of drug-likeness (QED) is 0.871. The van der Waals surface area contributed by atoms with Crippen LogP contribution in [-0.2, 0) is 6.42 Å². The molecule has 3 rings (SSSR count). The Balaban J connectivity index is 1.86. The number of halogens is 1. The molecule has 1 aliphatic rings. The minimum atomic E-state index is -0.140. The van der Waals surface area contributed by atoms with Crippen LogP contribution in [0.3, 0.4) is 0 Å². The number of rotatable bonds is 5. The average molecular weight is 348 g/mol. The normalized spacial score (nSPS) is 15.4. The van der Waals surface area contributed by atoms with E-state index in [4.69, 9.17) is 11.6 Å². The van der Waals surface area contributed by atoms with Crippen molar-refractivity contribution in [1.82, 2.24) is 25.6 Å². The molecule has 1 aromatic heterocycles. The third-order valence-electron chi connectivity index (χ3n) is 4.19. The molecule has 1 aromatic carbocycles. The predicted octanol–water partition coefficient (Wildman–Crippen LogP) is 2.35. The second-order valence-electron chi connectivity index (χ2n) is 6.02. The molecule has 7 heteroatoms. The van der Waals surface area contributed by atoms with Crippen molar-refractivity contribution >= 4 is 17.5 Å². The van der Waals surface area contributed by atoms with E-state index >= 15 is 0 Å². The third-order valence-corrected chi connectivity index (χ3v) is 4.43. The summed E-state index contributed by atoms with van der Waals surface area (Å²) in [4.78, 5) is 12.6. The first-order valence-electron chi connectivity index (χ1n) is 8.41. The van der Waals surface area contributed by atoms with Gasteiger partial charge >= 0.3 is 0 Å². The van der Waals surface area contributed by atoms with Crippen LogP contribution in [0.25, 0.3) is 5.69 Å². The lowest BCUT2D eigenvalue weighted by Crippen LogP contribution is -2.43. The molecule has 1 aliphatic heterocycles. The summed E-state index contributed by atoms with van der Waals surface area (Å²) in [5.74, 6) is -0.140. The first-order chi connectivity index (χ1) is 11.7. The first-order valence-corrected chi connectivity index (χ1v) is 8.79. The van der Waals surface area contributed by atoms with Gasteiger partial charge in [0.05, 0.1) is 11.4 Å². The van der Waals surface area contributed by atoms with Crippen molar-refractivity contribution in [2.75, 3.05) is 13.1 Å². The molecule has 1 amide bonds. The smallest absolute Gasteiger partial charge is 0.273 e. The van der Waals surface area contributed by atoms with Crippen LogP contribution in [0.2, 0.25) is 5.02 Å². The lowest BCUT2D eigenvalue weighted by atomic mass is 10.1. The summed E-state index contributed by atoms with van der Waals surface area (Å²) in [6.07, 6.45) is 3.52. The van der Waals surface area contributed by atoms with Gasteiger partial charge in [-0.15, -0.1) is 5.10 Å². The summed E-state index contributed by atoms with van der Waals surface area (Å²) >= 11 is 6.08. The van der Waals surface area contributed by atoms with Gasteiger partial charge in [0.15, 0.2) is 5.69 Å². The molecular formula is C17H22ClN5O. The number of piperidine rings is 1.